The van der Waals surface area contributed by atoms with Crippen molar-refractivity contribution in [2.75, 3.05) is 6.61 Å². The van der Waals surface area contributed by atoms with Gasteiger partial charge in [-0.05, 0) is 53.6 Å². The molecular formula is C18H18N4O3. The largest absolute Gasteiger partial charge is 0.478 e. The number of carboxylic acid groups (broad SMARTS) is 1. The van der Waals surface area contributed by atoms with Gasteiger partial charge in [-0.15, -0.1) is 5.10 Å². The van der Waals surface area contributed by atoms with Crippen molar-refractivity contribution in [3.63, 3.8) is 0 Å². The Kier molecular flexibility index (Phi) is 4.85. The van der Waals surface area contributed by atoms with E-state index in [1.165, 1.54) is 4.68 Å². The number of carbonyl (C=O) groups is 1. The fourth-order valence-corrected chi connectivity index (χ4v) is 2.46. The van der Waals surface area contributed by atoms with Crippen LogP contribution in [-0.4, -0.2) is 37.9 Å². The molecule has 3 rings (SSSR count). The molecule has 1 heterocycles. The quantitative estimate of drug-likeness (QED) is 0.743. The van der Waals surface area contributed by atoms with Gasteiger partial charge in [-0.2, -0.15) is 4.68 Å². The van der Waals surface area contributed by atoms with Gasteiger partial charge in [-0.25, -0.2) is 4.79 Å². The van der Waals surface area contributed by atoms with E-state index in [1.807, 2.05) is 44.2 Å². The Morgan fingerprint density at radius 2 is 1.92 bits per heavy atom. The number of aromatic nitrogens is 4. The van der Waals surface area contributed by atoms with Crippen molar-refractivity contribution < 1.29 is 14.6 Å². The number of hydrogen-bond acceptors (Lipinski definition) is 5. The zero-order valence-electron chi connectivity index (χ0n) is 14.0. The zero-order chi connectivity index (χ0) is 17.8. The molecule has 0 saturated carbocycles. The number of rotatable bonds is 6. The summed E-state index contributed by atoms with van der Waals surface area (Å²) >= 11 is 0. The minimum absolute atomic E-state index is 0.172. The van der Waals surface area contributed by atoms with Crippen LogP contribution in [0.2, 0.25) is 0 Å². The van der Waals surface area contributed by atoms with Crippen molar-refractivity contribution in [3.8, 4) is 16.8 Å². The number of tetrazole rings is 1. The second kappa shape index (κ2) is 7.23. The van der Waals surface area contributed by atoms with Crippen molar-refractivity contribution in [3.05, 3.63) is 59.4 Å². The lowest BCUT2D eigenvalue weighted by molar-refractivity contribution is 0.0697. The third kappa shape index (κ3) is 3.72. The molecule has 0 aliphatic rings. The molecule has 0 amide bonds. The standard InChI is InChI=1S/C18H18N4O3/c1-3-25-11-17-19-20-21-22(17)16-9-14(8-15(10-16)18(23)24)13-6-4-12(2)5-7-13/h4-10H,3,11H2,1-2H3,(H,23,24). The van der Waals surface area contributed by atoms with E-state index in [4.69, 9.17) is 4.74 Å². The van der Waals surface area contributed by atoms with Crippen molar-refractivity contribution in [2.24, 2.45) is 0 Å². The normalized spacial score (nSPS) is 10.8. The monoisotopic (exact) mass is 338 g/mol. The summed E-state index contributed by atoms with van der Waals surface area (Å²) in [6.45, 7) is 4.68. The Labute approximate surface area is 144 Å². The lowest BCUT2D eigenvalue weighted by Crippen LogP contribution is -2.07. The van der Waals surface area contributed by atoms with Crippen LogP contribution >= 0.6 is 0 Å². The molecule has 0 fully saturated rings. The van der Waals surface area contributed by atoms with Crippen LogP contribution in [0.1, 0.15) is 28.7 Å². The van der Waals surface area contributed by atoms with Crippen molar-refractivity contribution in [2.45, 2.75) is 20.5 Å². The highest BCUT2D eigenvalue weighted by molar-refractivity contribution is 5.90. The number of ether oxygens (including phenoxy) is 1. The molecule has 1 aromatic heterocycles. The molecule has 0 bridgehead atoms. The van der Waals surface area contributed by atoms with Crippen molar-refractivity contribution in [1.29, 1.82) is 0 Å². The molecule has 0 saturated heterocycles. The van der Waals surface area contributed by atoms with Crippen LogP contribution in [0.4, 0.5) is 0 Å². The van der Waals surface area contributed by atoms with Gasteiger partial charge in [0.15, 0.2) is 5.82 Å². The SMILES string of the molecule is CCOCc1nnnn1-c1cc(C(=O)O)cc(-c2ccc(C)cc2)c1. The molecule has 0 spiro atoms. The second-order valence-corrected chi connectivity index (χ2v) is 5.58. The first-order valence-corrected chi connectivity index (χ1v) is 7.89. The first kappa shape index (κ1) is 16.8. The van der Waals surface area contributed by atoms with E-state index in [0.29, 0.717) is 18.1 Å². The minimum Gasteiger partial charge on any atom is -0.478 e. The highest BCUT2D eigenvalue weighted by Crippen LogP contribution is 2.25. The second-order valence-electron chi connectivity index (χ2n) is 5.58. The van der Waals surface area contributed by atoms with Gasteiger partial charge in [0.2, 0.25) is 0 Å². The molecule has 0 unspecified atom stereocenters. The highest BCUT2D eigenvalue weighted by Gasteiger charge is 2.14. The number of nitrogens with zero attached hydrogens (tertiary/aromatic N) is 4. The van der Waals surface area contributed by atoms with E-state index >= 15 is 0 Å². The van der Waals surface area contributed by atoms with Crippen molar-refractivity contribution >= 4 is 5.97 Å². The molecule has 1 N–H and O–H groups in total. The molecule has 7 heteroatoms. The molecule has 0 radical (unpaired) electrons. The van der Waals surface area contributed by atoms with Gasteiger partial charge in [0.1, 0.15) is 6.61 Å². The van der Waals surface area contributed by atoms with Gasteiger partial charge in [-0.3, -0.25) is 0 Å². The van der Waals surface area contributed by atoms with E-state index in [9.17, 15) is 9.90 Å². The summed E-state index contributed by atoms with van der Waals surface area (Å²) in [4.78, 5) is 11.5. The zero-order valence-corrected chi connectivity index (χ0v) is 14.0. The van der Waals surface area contributed by atoms with E-state index < -0.39 is 5.97 Å². The number of hydrogen-bond donors (Lipinski definition) is 1. The average Bonchev–Trinajstić information content (AvgIpc) is 3.08. The van der Waals surface area contributed by atoms with Gasteiger partial charge in [0, 0.05) is 6.61 Å². The molecule has 0 atom stereocenters. The topological polar surface area (TPSA) is 90.1 Å². The Balaban J connectivity index is 2.09. The third-order valence-electron chi connectivity index (χ3n) is 3.76. The average molecular weight is 338 g/mol. The summed E-state index contributed by atoms with van der Waals surface area (Å²) in [7, 11) is 0. The maximum absolute atomic E-state index is 11.5. The molecule has 0 aliphatic heterocycles. The van der Waals surface area contributed by atoms with Crippen LogP contribution in [0.25, 0.3) is 16.8 Å². The van der Waals surface area contributed by atoms with Crippen LogP contribution in [0, 0.1) is 6.92 Å². The Bertz CT molecular complexity index is 888. The van der Waals surface area contributed by atoms with E-state index in [0.717, 1.165) is 16.7 Å². The number of benzene rings is 2. The molecule has 3 aromatic rings. The third-order valence-corrected chi connectivity index (χ3v) is 3.76. The lowest BCUT2D eigenvalue weighted by Gasteiger charge is -2.10. The number of carboxylic acids is 1. The maximum atomic E-state index is 11.5. The summed E-state index contributed by atoms with van der Waals surface area (Å²) < 4.78 is 6.87. The predicted molar refractivity (Wildman–Crippen MR) is 91.6 cm³/mol. The summed E-state index contributed by atoms with van der Waals surface area (Å²) in [5.41, 5.74) is 3.60. The first-order chi connectivity index (χ1) is 12.1. The lowest BCUT2D eigenvalue weighted by atomic mass is 10.0. The van der Waals surface area contributed by atoms with Gasteiger partial charge < -0.3 is 9.84 Å². The smallest absolute Gasteiger partial charge is 0.335 e. The summed E-state index contributed by atoms with van der Waals surface area (Å²) in [6, 6.07) is 12.9. The van der Waals surface area contributed by atoms with Gasteiger partial charge in [-0.1, -0.05) is 29.8 Å². The van der Waals surface area contributed by atoms with Gasteiger partial charge >= 0.3 is 5.97 Å². The highest BCUT2D eigenvalue weighted by atomic mass is 16.5. The number of aromatic carboxylic acids is 1. The summed E-state index contributed by atoms with van der Waals surface area (Å²) in [6.07, 6.45) is 0. The molecular weight excluding hydrogens is 320 g/mol. The summed E-state index contributed by atoms with van der Waals surface area (Å²) in [5, 5.41) is 21.0. The maximum Gasteiger partial charge on any atom is 0.335 e. The summed E-state index contributed by atoms with van der Waals surface area (Å²) in [5.74, 6) is -0.492. The van der Waals surface area contributed by atoms with Gasteiger partial charge in [0.25, 0.3) is 0 Å². The molecule has 128 valence electrons. The van der Waals surface area contributed by atoms with Crippen LogP contribution in [-0.2, 0) is 11.3 Å². The Hall–Kier alpha value is -3.06. The van der Waals surface area contributed by atoms with E-state index in [1.54, 1.807) is 12.1 Å². The van der Waals surface area contributed by atoms with Crippen LogP contribution < -0.4 is 0 Å². The van der Waals surface area contributed by atoms with Crippen LogP contribution in [0.3, 0.4) is 0 Å². The fourth-order valence-electron chi connectivity index (χ4n) is 2.46. The van der Waals surface area contributed by atoms with Crippen LogP contribution in [0.15, 0.2) is 42.5 Å². The number of aryl methyl sites for hydroxylation is 1. The minimum atomic E-state index is -1.00. The predicted octanol–water partition coefficient (Wildman–Crippen LogP) is 2.87. The Morgan fingerprint density at radius 3 is 2.60 bits per heavy atom. The molecule has 0 aliphatic carbocycles. The van der Waals surface area contributed by atoms with E-state index in [2.05, 4.69) is 15.5 Å². The van der Waals surface area contributed by atoms with Gasteiger partial charge in [0.05, 0.1) is 11.3 Å². The van der Waals surface area contributed by atoms with Crippen molar-refractivity contribution in [1.82, 2.24) is 20.2 Å². The van der Waals surface area contributed by atoms with E-state index in [-0.39, 0.29) is 12.2 Å². The molecule has 25 heavy (non-hydrogen) atoms. The fraction of sp³-hybridized carbons (Fsp3) is 0.222. The van der Waals surface area contributed by atoms with Crippen LogP contribution in [0.5, 0.6) is 0 Å². The first-order valence-electron chi connectivity index (χ1n) is 7.89. The molecule has 2 aromatic carbocycles. The molecule has 7 nitrogen and oxygen atoms in total. The Morgan fingerprint density at radius 1 is 1.16 bits per heavy atom.